The zero-order chi connectivity index (χ0) is 26.1. The van der Waals surface area contributed by atoms with E-state index in [4.69, 9.17) is 4.98 Å². The Morgan fingerprint density at radius 1 is 1.11 bits per heavy atom. The number of carbonyl (C=O) groups is 3. The molecule has 3 aromatic rings. The Morgan fingerprint density at radius 3 is 2.62 bits per heavy atom. The first-order chi connectivity index (χ1) is 17.9. The first-order valence-electron chi connectivity index (χ1n) is 12.7. The van der Waals surface area contributed by atoms with Crippen LogP contribution in [0.25, 0.3) is 22.2 Å². The highest BCUT2D eigenvalue weighted by Crippen LogP contribution is 2.39. The number of rotatable bonds is 5. The Morgan fingerprint density at radius 2 is 1.89 bits per heavy atom. The summed E-state index contributed by atoms with van der Waals surface area (Å²) in [5, 5.41) is 15.3. The molecule has 2 saturated heterocycles. The highest BCUT2D eigenvalue weighted by molar-refractivity contribution is 5.93. The maximum atomic E-state index is 13.9. The van der Waals surface area contributed by atoms with Crippen molar-refractivity contribution in [3.05, 3.63) is 54.4 Å². The molecule has 0 radical (unpaired) electrons. The highest BCUT2D eigenvalue weighted by atomic mass is 16.4. The summed E-state index contributed by atoms with van der Waals surface area (Å²) in [4.78, 5) is 49.8. The van der Waals surface area contributed by atoms with Gasteiger partial charge in [-0.15, -0.1) is 0 Å². The van der Waals surface area contributed by atoms with Gasteiger partial charge in [-0.05, 0) is 44.9 Å². The van der Waals surface area contributed by atoms with Gasteiger partial charge in [0, 0.05) is 18.2 Å². The number of fused-ring (bicyclic) bond motifs is 2. The Bertz CT molecular complexity index is 1310. The topological polar surface area (TPSA) is 131 Å². The van der Waals surface area contributed by atoms with Crippen LogP contribution in [0, 0.1) is 0 Å². The lowest BCUT2D eigenvalue weighted by Crippen LogP contribution is -2.60. The fourth-order valence-corrected chi connectivity index (χ4v) is 5.42. The van der Waals surface area contributed by atoms with Crippen LogP contribution >= 0.6 is 0 Å². The summed E-state index contributed by atoms with van der Waals surface area (Å²) < 4.78 is 0. The third kappa shape index (κ3) is 4.76. The van der Waals surface area contributed by atoms with Crippen LogP contribution in [0.4, 0.5) is 4.79 Å². The average molecular weight is 505 g/mol. The Labute approximate surface area is 215 Å². The molecule has 2 aliphatic heterocycles. The number of carboxylic acid groups (broad SMARTS) is 1. The number of hydrogen-bond donors (Lipinski definition) is 4. The minimum atomic E-state index is -1.09. The van der Waals surface area contributed by atoms with Crippen LogP contribution in [0.5, 0.6) is 0 Å². The van der Waals surface area contributed by atoms with Crippen molar-refractivity contribution in [1.82, 2.24) is 30.4 Å². The second-order valence-electron chi connectivity index (χ2n) is 9.77. The summed E-state index contributed by atoms with van der Waals surface area (Å²) in [6, 6.07) is 14.1. The quantitative estimate of drug-likeness (QED) is 0.423. The standard InChI is InChI=1S/C27H32N6O4/c1-16(28-2)25(34)30-21-15-32(27(36)37)14-13-18-11-12-22(33(18)26(21)35)24-29-20-10-6-9-19(23(20)31-24)17-7-4-3-5-8-17/h3-10,16,18,21-22,28H,11-15H2,1-2H3,(H,29,31)(H,30,34)(H,36,37)/t16-,18+,21-,22-/m0/s1. The van der Waals surface area contributed by atoms with Gasteiger partial charge in [0.25, 0.3) is 0 Å². The number of nitrogens with zero attached hydrogens (tertiary/aromatic N) is 3. The monoisotopic (exact) mass is 504 g/mol. The normalized spacial score (nSPS) is 22.9. The van der Waals surface area contributed by atoms with Crippen molar-refractivity contribution in [2.24, 2.45) is 0 Å². The number of likely N-dealkylation sites (N-methyl/N-ethyl adjacent to an activating group) is 1. The number of H-pyrrole nitrogens is 1. The number of para-hydroxylation sites is 1. The summed E-state index contributed by atoms with van der Waals surface area (Å²) in [5.74, 6) is 0.0766. The first kappa shape index (κ1) is 24.8. The van der Waals surface area contributed by atoms with E-state index in [1.165, 1.54) is 4.90 Å². The molecule has 4 N–H and O–H groups in total. The van der Waals surface area contributed by atoms with E-state index in [-0.39, 0.29) is 30.4 Å². The Kier molecular flexibility index (Phi) is 6.84. The average Bonchev–Trinajstić information content (AvgIpc) is 3.52. The molecule has 3 heterocycles. The molecule has 2 aliphatic rings. The van der Waals surface area contributed by atoms with E-state index in [0.717, 1.165) is 28.6 Å². The molecular weight excluding hydrogens is 472 g/mol. The van der Waals surface area contributed by atoms with Gasteiger partial charge < -0.3 is 30.5 Å². The second-order valence-corrected chi connectivity index (χ2v) is 9.77. The van der Waals surface area contributed by atoms with Gasteiger partial charge in [0.1, 0.15) is 11.9 Å². The largest absolute Gasteiger partial charge is 0.465 e. The molecule has 10 heteroatoms. The van der Waals surface area contributed by atoms with Gasteiger partial charge in [-0.25, -0.2) is 9.78 Å². The summed E-state index contributed by atoms with van der Waals surface area (Å²) >= 11 is 0. The summed E-state index contributed by atoms with van der Waals surface area (Å²) in [5.41, 5.74) is 3.85. The van der Waals surface area contributed by atoms with Crippen LogP contribution < -0.4 is 10.6 Å². The molecule has 0 unspecified atom stereocenters. The molecule has 4 atom stereocenters. The number of aromatic amines is 1. The van der Waals surface area contributed by atoms with Crippen LogP contribution in [-0.4, -0.2) is 81.0 Å². The van der Waals surface area contributed by atoms with Gasteiger partial charge in [-0.2, -0.15) is 0 Å². The number of aromatic nitrogens is 2. The molecule has 1 aromatic heterocycles. The fourth-order valence-electron chi connectivity index (χ4n) is 5.42. The van der Waals surface area contributed by atoms with Gasteiger partial charge in [0.2, 0.25) is 11.8 Å². The Balaban J connectivity index is 1.49. The summed E-state index contributed by atoms with van der Waals surface area (Å²) in [6.45, 7) is 1.89. The van der Waals surface area contributed by atoms with Crippen molar-refractivity contribution in [1.29, 1.82) is 0 Å². The molecule has 5 rings (SSSR count). The highest BCUT2D eigenvalue weighted by Gasteiger charge is 2.44. The molecule has 2 aromatic carbocycles. The van der Waals surface area contributed by atoms with Gasteiger partial charge in [-0.1, -0.05) is 42.5 Å². The number of nitrogens with one attached hydrogen (secondary N) is 3. The summed E-state index contributed by atoms with van der Waals surface area (Å²) in [6.07, 6.45) is 0.886. The molecule has 194 valence electrons. The molecule has 37 heavy (non-hydrogen) atoms. The van der Waals surface area contributed by atoms with Crippen LogP contribution in [0.3, 0.4) is 0 Å². The van der Waals surface area contributed by atoms with Crippen molar-refractivity contribution in [2.45, 2.75) is 50.4 Å². The van der Waals surface area contributed by atoms with Gasteiger partial charge in [0.05, 0.1) is 29.7 Å². The van der Waals surface area contributed by atoms with Crippen molar-refractivity contribution in [3.63, 3.8) is 0 Å². The van der Waals surface area contributed by atoms with E-state index in [0.29, 0.717) is 25.2 Å². The van der Waals surface area contributed by atoms with Crippen LogP contribution in [0.1, 0.15) is 38.1 Å². The minimum absolute atomic E-state index is 0.0927. The number of amides is 3. The third-order valence-electron chi connectivity index (χ3n) is 7.54. The van der Waals surface area contributed by atoms with E-state index >= 15 is 0 Å². The lowest BCUT2D eigenvalue weighted by Gasteiger charge is -2.38. The maximum absolute atomic E-state index is 13.9. The van der Waals surface area contributed by atoms with Gasteiger partial charge in [0.15, 0.2) is 0 Å². The van der Waals surface area contributed by atoms with Crippen molar-refractivity contribution in [3.8, 4) is 11.1 Å². The van der Waals surface area contributed by atoms with E-state index in [1.807, 2.05) is 41.3 Å². The SMILES string of the molecule is CN[C@@H](C)C(=O)N[C@H]1CN(C(=O)O)CC[C@H]2CC[C@@H](c3nc4cccc(-c5ccccc5)c4[nH]3)N2C1=O. The summed E-state index contributed by atoms with van der Waals surface area (Å²) in [7, 11) is 1.66. The molecule has 10 nitrogen and oxygen atoms in total. The lowest BCUT2D eigenvalue weighted by atomic mass is 10.0. The second kappa shape index (κ2) is 10.2. The lowest BCUT2D eigenvalue weighted by molar-refractivity contribution is -0.141. The maximum Gasteiger partial charge on any atom is 0.407 e. The third-order valence-corrected chi connectivity index (χ3v) is 7.54. The zero-order valence-corrected chi connectivity index (χ0v) is 21.0. The van der Waals surface area contributed by atoms with E-state index < -0.39 is 18.2 Å². The van der Waals surface area contributed by atoms with E-state index in [9.17, 15) is 19.5 Å². The molecule has 0 aliphatic carbocycles. The number of benzene rings is 2. The fraction of sp³-hybridized carbons (Fsp3) is 0.407. The molecule has 2 fully saturated rings. The van der Waals surface area contributed by atoms with Crippen LogP contribution in [-0.2, 0) is 9.59 Å². The zero-order valence-electron chi connectivity index (χ0n) is 21.0. The molecule has 0 bridgehead atoms. The first-order valence-corrected chi connectivity index (χ1v) is 12.7. The van der Waals surface area contributed by atoms with E-state index in [2.05, 4.69) is 27.8 Å². The van der Waals surface area contributed by atoms with Crippen molar-refractivity contribution in [2.75, 3.05) is 20.1 Å². The Hall–Kier alpha value is -3.92. The number of carbonyl (C=O) groups excluding carboxylic acids is 2. The predicted molar refractivity (Wildman–Crippen MR) is 139 cm³/mol. The van der Waals surface area contributed by atoms with Crippen molar-refractivity contribution >= 4 is 28.9 Å². The minimum Gasteiger partial charge on any atom is -0.465 e. The van der Waals surface area contributed by atoms with Gasteiger partial charge in [-0.3, -0.25) is 9.59 Å². The van der Waals surface area contributed by atoms with E-state index in [1.54, 1.807) is 14.0 Å². The van der Waals surface area contributed by atoms with Gasteiger partial charge >= 0.3 is 6.09 Å². The van der Waals surface area contributed by atoms with Crippen LogP contribution in [0.15, 0.2) is 48.5 Å². The molecular formula is C27H32N6O4. The molecule has 3 amide bonds. The predicted octanol–water partition coefficient (Wildman–Crippen LogP) is 2.74. The van der Waals surface area contributed by atoms with Crippen LogP contribution in [0.2, 0.25) is 0 Å². The number of imidazole rings is 1. The molecule has 0 saturated carbocycles. The smallest absolute Gasteiger partial charge is 0.407 e. The molecule has 0 spiro atoms. The number of hydrogen-bond acceptors (Lipinski definition) is 5. The van der Waals surface area contributed by atoms with Crippen molar-refractivity contribution < 1.29 is 19.5 Å².